The van der Waals surface area contributed by atoms with Gasteiger partial charge in [0.05, 0.1) is 16.8 Å². The number of rotatable bonds is 6. The van der Waals surface area contributed by atoms with Crippen molar-refractivity contribution in [2.24, 2.45) is 0 Å². The van der Waals surface area contributed by atoms with E-state index in [1.807, 2.05) is 53.4 Å². The summed E-state index contributed by atoms with van der Waals surface area (Å²) in [6.07, 6.45) is 1.80. The standard InChI is InChI=1S/C60H34N6O3/c1-3-11-37-27-41-29-43(19-17-39(41)25-35(37)9-1)65(45-21-23-49-47-13-5-7-15-52(47)67-54(49)31-45)57-33-56-51(34-61-57)58-59(69-56)62-60(64-63-58)66(46-22-24-50-48-14-6-8-16-53(48)68-55(50)32-46)44-20-18-40-26-36-10-2-4-12-38(36)28-42(40)30-44/h1-34H. The number of nitrogens with zero attached hydrogens (tertiary/aromatic N) is 6. The van der Waals surface area contributed by atoms with Crippen molar-refractivity contribution in [2.75, 3.05) is 9.80 Å². The number of aromatic nitrogens is 4. The van der Waals surface area contributed by atoms with Crippen molar-refractivity contribution >= 4 is 144 Å². The van der Waals surface area contributed by atoms with Crippen molar-refractivity contribution in [3.8, 4) is 0 Å². The summed E-state index contributed by atoms with van der Waals surface area (Å²) in [6, 6.07) is 69.4. The Kier molecular flexibility index (Phi) is 7.87. The maximum absolute atomic E-state index is 6.69. The van der Waals surface area contributed by atoms with Crippen molar-refractivity contribution < 1.29 is 13.3 Å². The average Bonchev–Trinajstić information content (AvgIpc) is 4.08. The lowest BCUT2D eigenvalue weighted by Gasteiger charge is -2.24. The molecule has 0 radical (unpaired) electrons. The van der Waals surface area contributed by atoms with E-state index in [1.165, 1.54) is 16.2 Å². The molecule has 0 saturated carbocycles. The highest BCUT2D eigenvalue weighted by Crippen LogP contribution is 2.43. The Morgan fingerprint density at radius 1 is 0.319 bits per heavy atom. The number of para-hydroxylation sites is 2. The monoisotopic (exact) mass is 886 g/mol. The lowest BCUT2D eigenvalue weighted by Crippen LogP contribution is -2.14. The van der Waals surface area contributed by atoms with Gasteiger partial charge in [0.25, 0.3) is 11.7 Å². The Labute approximate surface area is 391 Å². The predicted molar refractivity (Wildman–Crippen MR) is 279 cm³/mol. The molecule has 5 aromatic heterocycles. The number of furan rings is 3. The van der Waals surface area contributed by atoms with E-state index >= 15 is 0 Å². The van der Waals surface area contributed by atoms with E-state index in [1.54, 1.807) is 6.20 Å². The molecule has 10 aromatic carbocycles. The Morgan fingerprint density at radius 2 is 0.768 bits per heavy atom. The van der Waals surface area contributed by atoms with Crippen LogP contribution >= 0.6 is 0 Å². The minimum Gasteiger partial charge on any atom is -0.456 e. The maximum atomic E-state index is 6.69. The largest absolute Gasteiger partial charge is 0.456 e. The molecule has 9 nitrogen and oxygen atoms in total. The number of benzene rings is 10. The van der Waals surface area contributed by atoms with Crippen LogP contribution in [0.1, 0.15) is 0 Å². The van der Waals surface area contributed by atoms with E-state index in [2.05, 4.69) is 157 Å². The molecule has 0 N–H and O–H groups in total. The van der Waals surface area contributed by atoms with Gasteiger partial charge in [0.15, 0.2) is 5.52 Å². The van der Waals surface area contributed by atoms with Gasteiger partial charge in [-0.2, -0.15) is 4.98 Å². The third-order valence-corrected chi connectivity index (χ3v) is 13.5. The molecule has 0 saturated heterocycles. The van der Waals surface area contributed by atoms with E-state index in [0.717, 1.165) is 93.6 Å². The van der Waals surface area contributed by atoms with Crippen molar-refractivity contribution in [3.63, 3.8) is 0 Å². The minimum atomic E-state index is 0.336. The average molecular weight is 887 g/mol. The first-order chi connectivity index (χ1) is 34.1. The highest BCUT2D eigenvalue weighted by atomic mass is 16.3. The molecule has 15 rings (SSSR count). The first-order valence-electron chi connectivity index (χ1n) is 22.8. The molecule has 0 spiro atoms. The van der Waals surface area contributed by atoms with Crippen LogP contribution in [-0.2, 0) is 0 Å². The molecule has 0 aliphatic rings. The molecule has 0 unspecified atom stereocenters. The second-order valence-electron chi connectivity index (χ2n) is 17.6. The topological polar surface area (TPSA) is 97.5 Å². The van der Waals surface area contributed by atoms with Gasteiger partial charge in [-0.1, -0.05) is 97.1 Å². The smallest absolute Gasteiger partial charge is 0.257 e. The highest BCUT2D eigenvalue weighted by Gasteiger charge is 2.24. The molecular weight excluding hydrogens is 853 g/mol. The normalized spacial score (nSPS) is 12.1. The van der Waals surface area contributed by atoms with Crippen molar-refractivity contribution in [2.45, 2.75) is 0 Å². The zero-order chi connectivity index (χ0) is 45.2. The van der Waals surface area contributed by atoms with Gasteiger partial charge in [-0.3, -0.25) is 9.80 Å². The van der Waals surface area contributed by atoms with Crippen molar-refractivity contribution in [3.05, 3.63) is 206 Å². The van der Waals surface area contributed by atoms with E-state index < -0.39 is 0 Å². The molecule has 0 aliphatic heterocycles. The van der Waals surface area contributed by atoms with Crippen LogP contribution in [0, 0.1) is 0 Å². The third kappa shape index (κ3) is 5.97. The molecule has 0 aliphatic carbocycles. The zero-order valence-corrected chi connectivity index (χ0v) is 36.5. The molecule has 5 heterocycles. The Bertz CT molecular complexity index is 4320. The first-order valence-corrected chi connectivity index (χ1v) is 22.8. The van der Waals surface area contributed by atoms with Crippen LogP contribution in [-0.4, -0.2) is 20.2 Å². The number of anilines is 6. The lowest BCUT2D eigenvalue weighted by atomic mass is 10.0. The molecule has 0 bridgehead atoms. The molecule has 9 heteroatoms. The van der Waals surface area contributed by atoms with Gasteiger partial charge in [-0.25, -0.2) is 4.98 Å². The van der Waals surface area contributed by atoms with Crippen molar-refractivity contribution in [1.82, 2.24) is 20.2 Å². The lowest BCUT2D eigenvalue weighted by molar-refractivity contribution is 0.650. The summed E-state index contributed by atoms with van der Waals surface area (Å²) in [5.41, 5.74) is 8.10. The third-order valence-electron chi connectivity index (χ3n) is 13.5. The van der Waals surface area contributed by atoms with Crippen LogP contribution in [0.4, 0.5) is 34.5 Å². The fourth-order valence-corrected chi connectivity index (χ4v) is 10.2. The summed E-state index contributed by atoms with van der Waals surface area (Å²) >= 11 is 0. The highest BCUT2D eigenvalue weighted by molar-refractivity contribution is 6.09. The van der Waals surface area contributed by atoms with E-state index in [9.17, 15) is 0 Å². The number of hydrogen-bond donors (Lipinski definition) is 0. The van der Waals surface area contributed by atoms with Gasteiger partial charge in [0.2, 0.25) is 0 Å². The first kappa shape index (κ1) is 37.6. The molecule has 0 atom stereocenters. The number of hydrogen-bond acceptors (Lipinski definition) is 9. The van der Waals surface area contributed by atoms with E-state index in [0.29, 0.717) is 34.0 Å². The molecule has 0 fully saturated rings. The molecule has 0 amide bonds. The van der Waals surface area contributed by atoms with Gasteiger partial charge >= 0.3 is 0 Å². The summed E-state index contributed by atoms with van der Waals surface area (Å²) in [5, 5.41) is 23.7. The van der Waals surface area contributed by atoms with Gasteiger partial charge in [-0.05, 0) is 128 Å². The summed E-state index contributed by atoms with van der Waals surface area (Å²) < 4.78 is 19.5. The second kappa shape index (κ2) is 14.4. The van der Waals surface area contributed by atoms with Crippen molar-refractivity contribution in [1.29, 1.82) is 0 Å². The summed E-state index contributed by atoms with van der Waals surface area (Å²) in [7, 11) is 0. The van der Waals surface area contributed by atoms with Crippen LogP contribution in [0.15, 0.2) is 220 Å². The van der Waals surface area contributed by atoms with Crippen LogP contribution in [0.5, 0.6) is 0 Å². The SMILES string of the molecule is c1ccc2cc3cc(N(c4ccc5c(c4)oc4ccccc45)c4cc5oc6nc(N(c7ccc8cc9ccccc9cc8c7)c7ccc8c(c7)oc7ccccc78)nnc6c5cn4)ccc3cc2c1. The maximum Gasteiger partial charge on any atom is 0.257 e. The van der Waals surface area contributed by atoms with E-state index in [4.69, 9.17) is 33.4 Å². The summed E-state index contributed by atoms with van der Waals surface area (Å²) in [6.45, 7) is 0. The fourth-order valence-electron chi connectivity index (χ4n) is 10.2. The molecule has 15 aromatic rings. The van der Waals surface area contributed by atoms with Gasteiger partial charge < -0.3 is 13.3 Å². The minimum absolute atomic E-state index is 0.336. The van der Waals surface area contributed by atoms with Crippen LogP contribution in [0.25, 0.3) is 109 Å². The molecule has 322 valence electrons. The fraction of sp³-hybridized carbons (Fsp3) is 0. The Balaban J connectivity index is 0.887. The molecule has 69 heavy (non-hydrogen) atoms. The predicted octanol–water partition coefficient (Wildman–Crippen LogP) is 16.5. The zero-order valence-electron chi connectivity index (χ0n) is 36.5. The molecular formula is C60H34N6O3. The second-order valence-corrected chi connectivity index (χ2v) is 17.6. The van der Waals surface area contributed by atoms with Gasteiger partial charge in [0, 0.05) is 57.3 Å². The van der Waals surface area contributed by atoms with Crippen LogP contribution in [0.2, 0.25) is 0 Å². The summed E-state index contributed by atoms with van der Waals surface area (Å²) in [5.74, 6) is 0.990. The van der Waals surface area contributed by atoms with Crippen LogP contribution < -0.4 is 9.80 Å². The quantitative estimate of drug-likeness (QED) is 0.151. The Hall–Kier alpha value is -9.60. The Morgan fingerprint density at radius 3 is 1.36 bits per heavy atom. The summed E-state index contributed by atoms with van der Waals surface area (Å²) in [4.78, 5) is 14.4. The van der Waals surface area contributed by atoms with Crippen LogP contribution in [0.3, 0.4) is 0 Å². The van der Waals surface area contributed by atoms with E-state index in [-0.39, 0.29) is 0 Å². The number of fused-ring (bicyclic) bond motifs is 13. The number of pyridine rings is 1. The van der Waals surface area contributed by atoms with Gasteiger partial charge in [-0.15, -0.1) is 10.2 Å². The van der Waals surface area contributed by atoms with Gasteiger partial charge in [0.1, 0.15) is 33.7 Å².